The van der Waals surface area contributed by atoms with Crippen molar-refractivity contribution in [1.82, 2.24) is 10.3 Å². The summed E-state index contributed by atoms with van der Waals surface area (Å²) in [5.74, 6) is 0.325. The van der Waals surface area contributed by atoms with Crippen LogP contribution in [0.2, 0.25) is 0 Å². The van der Waals surface area contributed by atoms with E-state index in [0.29, 0.717) is 33.7 Å². The zero-order valence-electron chi connectivity index (χ0n) is 28.3. The molecule has 0 bridgehead atoms. The second-order valence-electron chi connectivity index (χ2n) is 11.6. The van der Waals surface area contributed by atoms with Gasteiger partial charge in [-0.2, -0.15) is 0 Å². The summed E-state index contributed by atoms with van der Waals surface area (Å²) in [6.45, 7) is 0. The minimum absolute atomic E-state index is 0.0195. The number of anilines is 2. The van der Waals surface area contributed by atoms with Crippen LogP contribution in [0.5, 0.6) is 5.75 Å². The van der Waals surface area contributed by atoms with Gasteiger partial charge in [0.25, 0.3) is 11.8 Å². The van der Waals surface area contributed by atoms with Crippen LogP contribution in [0.15, 0.2) is 161 Å². The van der Waals surface area contributed by atoms with Gasteiger partial charge in [0.05, 0.1) is 22.9 Å². The van der Waals surface area contributed by atoms with Gasteiger partial charge in [0, 0.05) is 22.2 Å². The van der Waals surface area contributed by atoms with E-state index in [2.05, 4.69) is 20.9 Å². The topological polar surface area (TPSA) is 123 Å². The number of rotatable bonds is 12. The summed E-state index contributed by atoms with van der Waals surface area (Å²) in [6, 6.07) is 44.0. The van der Waals surface area contributed by atoms with Crippen molar-refractivity contribution < 1.29 is 23.5 Å². The van der Waals surface area contributed by atoms with Crippen LogP contribution in [-0.2, 0) is 9.59 Å². The van der Waals surface area contributed by atoms with Gasteiger partial charge in [0.1, 0.15) is 28.2 Å². The van der Waals surface area contributed by atoms with Crippen molar-refractivity contribution in [3.05, 3.63) is 168 Å². The SMILES string of the molecule is COc1ccccc1-c1ccc(/C=C(\NC(=O)c2ccccc2)C(=O)Nc2ccc(S[C@@H](C(=O)Nc3nc4ccccc4s3)c3ccccc3)cc2)o1. The fourth-order valence-corrected chi connectivity index (χ4v) is 7.35. The molecule has 7 aromatic rings. The van der Waals surface area contributed by atoms with Crippen molar-refractivity contribution in [2.45, 2.75) is 10.1 Å². The lowest BCUT2D eigenvalue weighted by atomic mass is 10.1. The van der Waals surface area contributed by atoms with Gasteiger partial charge in [-0.05, 0) is 78.4 Å². The molecule has 7 rings (SSSR count). The number of nitrogens with zero attached hydrogens (tertiary/aromatic N) is 1. The fourth-order valence-electron chi connectivity index (χ4n) is 5.46. The van der Waals surface area contributed by atoms with Gasteiger partial charge in [-0.1, -0.05) is 84.1 Å². The van der Waals surface area contributed by atoms with E-state index in [0.717, 1.165) is 26.2 Å². The monoisotopic (exact) mass is 736 g/mol. The van der Waals surface area contributed by atoms with E-state index in [9.17, 15) is 14.4 Å². The average Bonchev–Trinajstić information content (AvgIpc) is 3.84. The molecule has 3 amide bonds. The smallest absolute Gasteiger partial charge is 0.272 e. The van der Waals surface area contributed by atoms with Gasteiger partial charge in [-0.3, -0.25) is 14.4 Å². The highest BCUT2D eigenvalue weighted by Crippen LogP contribution is 2.38. The molecule has 0 aliphatic rings. The molecule has 0 fully saturated rings. The van der Waals surface area contributed by atoms with Crippen molar-refractivity contribution in [2.75, 3.05) is 17.7 Å². The molecule has 262 valence electrons. The molecule has 9 nitrogen and oxygen atoms in total. The number of benzene rings is 5. The van der Waals surface area contributed by atoms with Crippen molar-refractivity contribution >= 4 is 67.9 Å². The maximum absolute atomic E-state index is 13.7. The summed E-state index contributed by atoms with van der Waals surface area (Å²) in [7, 11) is 1.58. The maximum atomic E-state index is 13.7. The van der Waals surface area contributed by atoms with Gasteiger partial charge in [0.15, 0.2) is 5.13 Å². The van der Waals surface area contributed by atoms with Crippen LogP contribution in [0.3, 0.4) is 0 Å². The lowest BCUT2D eigenvalue weighted by Gasteiger charge is -2.16. The van der Waals surface area contributed by atoms with Gasteiger partial charge < -0.3 is 25.1 Å². The Morgan fingerprint density at radius 3 is 2.23 bits per heavy atom. The Labute approximate surface area is 313 Å². The molecule has 3 N–H and O–H groups in total. The second-order valence-corrected chi connectivity index (χ2v) is 13.9. The number of carbonyl (C=O) groups excluding carboxylic acids is 3. The first-order valence-corrected chi connectivity index (χ1v) is 18.2. The lowest BCUT2D eigenvalue weighted by molar-refractivity contribution is -0.116. The van der Waals surface area contributed by atoms with Gasteiger partial charge >= 0.3 is 0 Å². The highest BCUT2D eigenvalue weighted by molar-refractivity contribution is 8.00. The summed E-state index contributed by atoms with van der Waals surface area (Å²) in [4.78, 5) is 45.9. The number of ether oxygens (including phenoxy) is 1. The van der Waals surface area contributed by atoms with E-state index < -0.39 is 17.1 Å². The molecule has 0 aliphatic heterocycles. The van der Waals surface area contributed by atoms with Crippen molar-refractivity contribution in [1.29, 1.82) is 0 Å². The molecule has 2 aromatic heterocycles. The molecule has 53 heavy (non-hydrogen) atoms. The predicted octanol–water partition coefficient (Wildman–Crippen LogP) is 9.45. The standard InChI is InChI=1S/C42H32N4O5S2/c1-50-35-18-10-8-16-32(35)36-25-22-30(51-36)26-34(44-39(47)28-14-6-3-7-15-28)40(48)43-29-20-23-31(24-21-29)52-38(27-12-4-2-5-13-27)41(49)46-42-45-33-17-9-11-19-37(33)53-42/h2-26,38H,1H3,(H,43,48)(H,44,47)(H,45,46,49)/b34-26-/t38-/m1/s1. The van der Waals surface area contributed by atoms with Crippen LogP contribution >= 0.6 is 23.1 Å². The number of thioether (sulfide) groups is 1. The van der Waals surface area contributed by atoms with Crippen LogP contribution in [0.4, 0.5) is 10.8 Å². The van der Waals surface area contributed by atoms with Gasteiger partial charge in [0.2, 0.25) is 5.91 Å². The minimum atomic E-state index is -0.569. The normalized spacial score (nSPS) is 11.8. The van der Waals surface area contributed by atoms with Crippen LogP contribution in [0.1, 0.15) is 26.9 Å². The van der Waals surface area contributed by atoms with E-state index in [1.165, 1.54) is 29.2 Å². The zero-order valence-corrected chi connectivity index (χ0v) is 29.9. The molecule has 0 unspecified atom stereocenters. The Kier molecular flexibility index (Phi) is 10.7. The van der Waals surface area contributed by atoms with Gasteiger partial charge in [-0.15, -0.1) is 11.8 Å². The van der Waals surface area contributed by atoms with E-state index in [-0.39, 0.29) is 11.6 Å². The van der Waals surface area contributed by atoms with Crippen LogP contribution in [0.25, 0.3) is 27.6 Å². The Morgan fingerprint density at radius 2 is 1.47 bits per heavy atom. The first-order valence-electron chi connectivity index (χ1n) is 16.5. The average molecular weight is 737 g/mol. The molecule has 1 atom stereocenters. The first-order chi connectivity index (χ1) is 25.9. The molecule has 0 saturated heterocycles. The van der Waals surface area contributed by atoms with E-state index in [1.807, 2.05) is 97.1 Å². The number of para-hydroxylation sites is 2. The Morgan fingerprint density at radius 1 is 0.774 bits per heavy atom. The zero-order chi connectivity index (χ0) is 36.6. The quantitative estimate of drug-likeness (QED) is 0.0844. The molecular weight excluding hydrogens is 705 g/mol. The summed E-state index contributed by atoms with van der Waals surface area (Å²) in [6.07, 6.45) is 1.48. The van der Waals surface area contributed by atoms with E-state index >= 15 is 0 Å². The molecule has 0 aliphatic carbocycles. The van der Waals surface area contributed by atoms with E-state index in [4.69, 9.17) is 9.15 Å². The lowest BCUT2D eigenvalue weighted by Crippen LogP contribution is -2.30. The Balaban J connectivity index is 1.09. The van der Waals surface area contributed by atoms with Crippen LogP contribution in [0, 0.1) is 0 Å². The largest absolute Gasteiger partial charge is 0.496 e. The Hall–Kier alpha value is -6.43. The highest BCUT2D eigenvalue weighted by Gasteiger charge is 2.24. The summed E-state index contributed by atoms with van der Waals surface area (Å²) >= 11 is 2.81. The molecule has 0 spiro atoms. The number of thiazole rings is 1. The molecule has 2 heterocycles. The van der Waals surface area contributed by atoms with E-state index in [1.54, 1.807) is 55.6 Å². The summed E-state index contributed by atoms with van der Waals surface area (Å²) < 4.78 is 12.5. The van der Waals surface area contributed by atoms with Crippen LogP contribution in [-0.4, -0.2) is 29.8 Å². The number of aromatic nitrogens is 1. The summed E-state index contributed by atoms with van der Waals surface area (Å²) in [5, 5.41) is 8.58. The number of methoxy groups -OCH3 is 1. The molecule has 5 aromatic carbocycles. The number of furan rings is 1. The third-order valence-electron chi connectivity index (χ3n) is 8.05. The van der Waals surface area contributed by atoms with Crippen molar-refractivity contribution in [3.8, 4) is 17.1 Å². The number of fused-ring (bicyclic) bond motifs is 1. The van der Waals surface area contributed by atoms with Crippen molar-refractivity contribution in [3.63, 3.8) is 0 Å². The Bertz CT molecular complexity index is 2370. The predicted molar refractivity (Wildman–Crippen MR) is 211 cm³/mol. The fraction of sp³-hybridized carbons (Fsp3) is 0.0476. The number of nitrogens with one attached hydrogen (secondary N) is 3. The molecule has 0 saturated carbocycles. The third kappa shape index (κ3) is 8.55. The van der Waals surface area contributed by atoms with Gasteiger partial charge in [-0.25, -0.2) is 4.98 Å². The number of carbonyl (C=O) groups is 3. The van der Waals surface area contributed by atoms with Crippen LogP contribution < -0.4 is 20.7 Å². The number of hydrogen-bond donors (Lipinski definition) is 3. The second kappa shape index (κ2) is 16.3. The number of hydrogen-bond acceptors (Lipinski definition) is 8. The highest BCUT2D eigenvalue weighted by atomic mass is 32.2. The maximum Gasteiger partial charge on any atom is 0.272 e. The first kappa shape index (κ1) is 35.0. The molecule has 11 heteroatoms. The number of amides is 3. The van der Waals surface area contributed by atoms with Crippen molar-refractivity contribution in [2.24, 2.45) is 0 Å². The molecular formula is C42H32N4O5S2. The third-order valence-corrected chi connectivity index (χ3v) is 10.3. The molecule has 0 radical (unpaired) electrons. The minimum Gasteiger partial charge on any atom is -0.496 e. The summed E-state index contributed by atoms with van der Waals surface area (Å²) in [5.41, 5.74) is 3.27.